The maximum atomic E-state index is 12.7. The Morgan fingerprint density at radius 2 is 2.14 bits per heavy atom. The molecule has 9 heteroatoms. The Morgan fingerprint density at radius 1 is 1.31 bits per heavy atom. The zero-order chi connectivity index (χ0) is 20.6. The maximum absolute atomic E-state index is 12.7. The van der Waals surface area contributed by atoms with E-state index in [0.717, 1.165) is 33.9 Å². The summed E-state index contributed by atoms with van der Waals surface area (Å²) in [5.74, 6) is 0.318. The third-order valence-corrected chi connectivity index (χ3v) is 6.08. The van der Waals surface area contributed by atoms with Gasteiger partial charge in [-0.3, -0.25) is 4.79 Å². The first-order chi connectivity index (χ1) is 13.8. The highest BCUT2D eigenvalue weighted by Gasteiger charge is 2.31. The fourth-order valence-corrected chi connectivity index (χ4v) is 4.31. The molecule has 0 aliphatic carbocycles. The average Bonchev–Trinajstić information content (AvgIpc) is 3.33. The molecule has 3 heterocycles. The molecule has 4 rings (SSSR count). The molecule has 1 aromatic carbocycles. The lowest BCUT2D eigenvalue weighted by Gasteiger charge is -2.18. The number of hydrogen-bond donors (Lipinski definition) is 1. The molecule has 2 aromatic heterocycles. The third kappa shape index (κ3) is 4.19. The van der Waals surface area contributed by atoms with Gasteiger partial charge in [-0.05, 0) is 43.2 Å². The van der Waals surface area contributed by atoms with Crippen molar-refractivity contribution >= 4 is 33.3 Å². The number of nitrogens with one attached hydrogen (secondary N) is 1. The van der Waals surface area contributed by atoms with Gasteiger partial charge in [0.2, 0.25) is 0 Å². The molecule has 1 amide bonds. The van der Waals surface area contributed by atoms with Crippen molar-refractivity contribution in [2.24, 2.45) is 0 Å². The second-order valence-corrected chi connectivity index (χ2v) is 8.07. The van der Waals surface area contributed by atoms with E-state index < -0.39 is 11.7 Å². The molecule has 3 aromatic rings. The molecule has 1 aliphatic heterocycles. The van der Waals surface area contributed by atoms with Gasteiger partial charge in [0.15, 0.2) is 0 Å². The highest BCUT2D eigenvalue weighted by atomic mass is 32.1. The Labute approximate surface area is 169 Å². The number of rotatable bonds is 4. The number of alkyl halides is 3. The molecule has 0 spiro atoms. The SMILES string of the molecule is CCc1nc2ccc(C(=O)NC3CCN(c4ccc(C(F)(F)F)cn4)C3)cc2s1. The largest absolute Gasteiger partial charge is 0.417 e. The Balaban J connectivity index is 1.40. The van der Waals surface area contributed by atoms with E-state index in [9.17, 15) is 18.0 Å². The van der Waals surface area contributed by atoms with Gasteiger partial charge in [-0.1, -0.05) is 6.92 Å². The van der Waals surface area contributed by atoms with E-state index >= 15 is 0 Å². The molecule has 5 nitrogen and oxygen atoms in total. The zero-order valence-corrected chi connectivity index (χ0v) is 16.5. The first-order valence-electron chi connectivity index (χ1n) is 9.32. The van der Waals surface area contributed by atoms with Crippen LogP contribution in [0.2, 0.25) is 0 Å². The number of halogens is 3. The van der Waals surface area contributed by atoms with Crippen molar-refractivity contribution in [3.63, 3.8) is 0 Å². The van der Waals surface area contributed by atoms with Crippen LogP contribution in [0.5, 0.6) is 0 Å². The quantitative estimate of drug-likeness (QED) is 0.685. The van der Waals surface area contributed by atoms with Crippen LogP contribution in [0.15, 0.2) is 36.5 Å². The van der Waals surface area contributed by atoms with Gasteiger partial charge in [-0.25, -0.2) is 9.97 Å². The smallest absolute Gasteiger partial charge is 0.354 e. The van der Waals surface area contributed by atoms with Crippen molar-refractivity contribution in [1.29, 1.82) is 0 Å². The van der Waals surface area contributed by atoms with Crippen molar-refractivity contribution in [3.8, 4) is 0 Å². The fourth-order valence-electron chi connectivity index (χ4n) is 3.36. The molecule has 1 fully saturated rings. The summed E-state index contributed by atoms with van der Waals surface area (Å²) in [6.07, 6.45) is -1.99. The zero-order valence-electron chi connectivity index (χ0n) is 15.7. The van der Waals surface area contributed by atoms with E-state index in [-0.39, 0.29) is 11.9 Å². The van der Waals surface area contributed by atoms with Crippen molar-refractivity contribution < 1.29 is 18.0 Å². The minimum Gasteiger partial charge on any atom is -0.354 e. The van der Waals surface area contributed by atoms with E-state index in [2.05, 4.69) is 15.3 Å². The van der Waals surface area contributed by atoms with Crippen molar-refractivity contribution in [2.75, 3.05) is 18.0 Å². The van der Waals surface area contributed by atoms with E-state index in [1.807, 2.05) is 24.0 Å². The highest BCUT2D eigenvalue weighted by Crippen LogP contribution is 2.30. The lowest BCUT2D eigenvalue weighted by molar-refractivity contribution is -0.137. The standard InChI is InChI=1S/C20H19F3N4OS/c1-2-18-26-15-5-3-12(9-16(15)29-18)19(28)25-14-7-8-27(11-14)17-6-4-13(10-24-17)20(21,22)23/h3-6,9-10,14H,2,7-8,11H2,1H3,(H,25,28). The first kappa shape index (κ1) is 19.6. The molecule has 1 aliphatic rings. The predicted molar refractivity (Wildman–Crippen MR) is 106 cm³/mol. The molecule has 0 radical (unpaired) electrons. The molecule has 1 unspecified atom stereocenters. The molecular formula is C20H19F3N4OS. The van der Waals surface area contributed by atoms with Crippen LogP contribution in [0.4, 0.5) is 19.0 Å². The molecular weight excluding hydrogens is 401 g/mol. The topological polar surface area (TPSA) is 58.1 Å². The number of aryl methyl sites for hydroxylation is 1. The van der Waals surface area contributed by atoms with Gasteiger partial charge in [-0.15, -0.1) is 11.3 Å². The maximum Gasteiger partial charge on any atom is 0.417 e. The Kier molecular flexibility index (Phi) is 5.16. The minimum absolute atomic E-state index is 0.0880. The summed E-state index contributed by atoms with van der Waals surface area (Å²) in [6.45, 7) is 3.17. The van der Waals surface area contributed by atoms with Crippen LogP contribution in [-0.2, 0) is 12.6 Å². The van der Waals surface area contributed by atoms with Gasteiger partial charge in [0.25, 0.3) is 5.91 Å². The van der Waals surface area contributed by atoms with Gasteiger partial charge in [0.1, 0.15) is 5.82 Å². The van der Waals surface area contributed by atoms with Crippen LogP contribution >= 0.6 is 11.3 Å². The Hall–Kier alpha value is -2.68. The van der Waals surface area contributed by atoms with Gasteiger partial charge in [0.05, 0.1) is 20.8 Å². The molecule has 1 atom stereocenters. The van der Waals surface area contributed by atoms with E-state index in [1.165, 1.54) is 6.07 Å². The number of fused-ring (bicyclic) bond motifs is 1. The summed E-state index contributed by atoms with van der Waals surface area (Å²) in [5.41, 5.74) is 0.703. The molecule has 29 heavy (non-hydrogen) atoms. The minimum atomic E-state index is -4.40. The summed E-state index contributed by atoms with van der Waals surface area (Å²) < 4.78 is 39.0. The van der Waals surface area contributed by atoms with E-state index in [0.29, 0.717) is 30.9 Å². The molecule has 0 bridgehead atoms. The number of pyridine rings is 1. The number of carbonyl (C=O) groups is 1. The summed E-state index contributed by atoms with van der Waals surface area (Å²) in [4.78, 5) is 22.9. The average molecular weight is 420 g/mol. The number of thiazole rings is 1. The van der Waals surface area contributed by atoms with E-state index in [1.54, 1.807) is 17.4 Å². The first-order valence-corrected chi connectivity index (χ1v) is 10.1. The van der Waals surface area contributed by atoms with Crippen LogP contribution in [0.25, 0.3) is 10.2 Å². The monoisotopic (exact) mass is 420 g/mol. The Bertz CT molecular complexity index is 1030. The second kappa shape index (κ2) is 7.62. The van der Waals surface area contributed by atoms with Crippen molar-refractivity contribution in [3.05, 3.63) is 52.7 Å². The van der Waals surface area contributed by atoms with Crippen LogP contribution in [0, 0.1) is 0 Å². The van der Waals surface area contributed by atoms with Gasteiger partial charge < -0.3 is 10.2 Å². The summed E-state index contributed by atoms with van der Waals surface area (Å²) in [5, 5.41) is 4.05. The lowest BCUT2D eigenvalue weighted by Crippen LogP contribution is -2.37. The van der Waals surface area contributed by atoms with Crippen molar-refractivity contribution in [2.45, 2.75) is 32.0 Å². The lowest BCUT2D eigenvalue weighted by atomic mass is 10.2. The summed E-state index contributed by atoms with van der Waals surface area (Å²) in [7, 11) is 0. The highest BCUT2D eigenvalue weighted by molar-refractivity contribution is 7.18. The number of benzene rings is 1. The number of anilines is 1. The fraction of sp³-hybridized carbons (Fsp3) is 0.350. The summed E-state index contributed by atoms with van der Waals surface area (Å²) in [6, 6.07) is 7.79. The molecule has 152 valence electrons. The van der Waals surface area contributed by atoms with Gasteiger partial charge in [-0.2, -0.15) is 13.2 Å². The molecule has 0 saturated carbocycles. The second-order valence-electron chi connectivity index (χ2n) is 6.95. The van der Waals surface area contributed by atoms with Gasteiger partial charge in [0, 0.05) is 30.9 Å². The number of hydrogen-bond acceptors (Lipinski definition) is 5. The number of aromatic nitrogens is 2. The molecule has 1 saturated heterocycles. The Morgan fingerprint density at radius 3 is 2.83 bits per heavy atom. The van der Waals surface area contributed by atoms with Crippen LogP contribution in [-0.4, -0.2) is 35.0 Å². The van der Waals surface area contributed by atoms with Crippen LogP contribution < -0.4 is 10.2 Å². The summed E-state index contributed by atoms with van der Waals surface area (Å²) >= 11 is 1.58. The molecule has 1 N–H and O–H groups in total. The normalized spacial score (nSPS) is 17.1. The predicted octanol–water partition coefficient (Wildman–Crippen LogP) is 4.28. The van der Waals surface area contributed by atoms with Gasteiger partial charge >= 0.3 is 6.18 Å². The van der Waals surface area contributed by atoms with Crippen molar-refractivity contribution in [1.82, 2.24) is 15.3 Å². The number of amides is 1. The third-order valence-electron chi connectivity index (χ3n) is 4.92. The number of nitrogens with zero attached hydrogens (tertiary/aromatic N) is 3. The van der Waals surface area contributed by atoms with E-state index in [4.69, 9.17) is 0 Å². The van der Waals surface area contributed by atoms with Crippen LogP contribution in [0.1, 0.15) is 34.3 Å². The van der Waals surface area contributed by atoms with Crippen LogP contribution in [0.3, 0.4) is 0 Å². The number of carbonyl (C=O) groups excluding carboxylic acids is 1.